The summed E-state index contributed by atoms with van der Waals surface area (Å²) in [6.07, 6.45) is 42.2. The van der Waals surface area contributed by atoms with Crippen molar-refractivity contribution >= 4 is 39.6 Å². The summed E-state index contributed by atoms with van der Waals surface area (Å²) in [5.74, 6) is 1.29. The SMILES string of the molecule is CCCCCC[C@H](O)C/C=C\CCCCCCCC(=O)OCCCCN(CCCCOC(=O)CCCCCCC/C=C\C[C@@H](O)CCCCCC)C(=O)OCCSSCCOCCN1CCCCCC1. The Morgan fingerprint density at radius 1 is 0.514 bits per heavy atom. The quantitative estimate of drug-likeness (QED) is 0.0197. The molecule has 410 valence electrons. The molecule has 0 saturated carbocycles. The second-order valence-corrected chi connectivity index (χ2v) is 22.2. The van der Waals surface area contributed by atoms with Crippen LogP contribution < -0.4 is 0 Å². The Morgan fingerprint density at radius 3 is 1.50 bits per heavy atom. The first-order valence-electron chi connectivity index (χ1n) is 28.8. The summed E-state index contributed by atoms with van der Waals surface area (Å²) in [5, 5.41) is 20.2. The number of allylic oxidation sites excluding steroid dienone is 2. The average Bonchev–Trinajstić information content (AvgIpc) is 3.64. The first-order chi connectivity index (χ1) is 34.3. The van der Waals surface area contributed by atoms with Crippen molar-refractivity contribution in [1.82, 2.24) is 9.80 Å². The van der Waals surface area contributed by atoms with E-state index in [0.29, 0.717) is 77.2 Å². The Hall–Kier alpha value is -1.77. The Kier molecular flexibility index (Phi) is 49.3. The average molecular weight is 1030 g/mol. The molecule has 1 aliphatic heterocycles. The highest BCUT2D eigenvalue weighted by atomic mass is 33.1. The van der Waals surface area contributed by atoms with Gasteiger partial charge in [-0.2, -0.15) is 0 Å². The van der Waals surface area contributed by atoms with Crippen LogP contribution in [0.3, 0.4) is 0 Å². The number of hydrogen-bond donors (Lipinski definition) is 2. The molecule has 1 fully saturated rings. The lowest BCUT2D eigenvalue weighted by Crippen LogP contribution is -2.34. The van der Waals surface area contributed by atoms with E-state index in [1.54, 1.807) is 26.5 Å². The van der Waals surface area contributed by atoms with Gasteiger partial charge in [0.1, 0.15) is 6.61 Å². The third kappa shape index (κ3) is 46.0. The molecule has 0 aromatic rings. The highest BCUT2D eigenvalue weighted by Crippen LogP contribution is 2.21. The van der Waals surface area contributed by atoms with Crippen molar-refractivity contribution in [3.63, 3.8) is 0 Å². The Bertz CT molecular complexity index is 1170. The summed E-state index contributed by atoms with van der Waals surface area (Å²) in [5.41, 5.74) is 0. The molecule has 2 N–H and O–H groups in total. The normalized spacial score (nSPS) is 14.3. The predicted octanol–water partition coefficient (Wildman–Crippen LogP) is 14.4. The maximum atomic E-state index is 13.2. The fourth-order valence-corrected chi connectivity index (χ4v) is 10.1. The lowest BCUT2D eigenvalue weighted by Gasteiger charge is -2.22. The number of rotatable bonds is 50. The van der Waals surface area contributed by atoms with Crippen LogP contribution in [-0.4, -0.2) is 128 Å². The largest absolute Gasteiger partial charge is 0.466 e. The van der Waals surface area contributed by atoms with E-state index in [9.17, 15) is 24.6 Å². The van der Waals surface area contributed by atoms with Gasteiger partial charge in [0.25, 0.3) is 0 Å². The van der Waals surface area contributed by atoms with Crippen molar-refractivity contribution < 1.29 is 43.5 Å². The van der Waals surface area contributed by atoms with E-state index in [1.165, 1.54) is 77.3 Å². The summed E-state index contributed by atoms with van der Waals surface area (Å²) < 4.78 is 22.6. The molecule has 1 heterocycles. The number of aliphatic hydroxyl groups is 2. The third-order valence-electron chi connectivity index (χ3n) is 12.9. The minimum atomic E-state index is -0.331. The summed E-state index contributed by atoms with van der Waals surface area (Å²) in [7, 11) is 3.44. The van der Waals surface area contributed by atoms with Crippen molar-refractivity contribution in [2.45, 2.75) is 244 Å². The molecule has 1 rings (SSSR count). The molecule has 0 aromatic heterocycles. The number of amides is 1. The van der Waals surface area contributed by atoms with Gasteiger partial charge in [-0.3, -0.25) is 9.59 Å². The fourth-order valence-electron chi connectivity index (χ4n) is 8.46. The van der Waals surface area contributed by atoms with E-state index in [2.05, 4.69) is 43.1 Å². The number of aliphatic hydroxyl groups excluding tert-OH is 2. The monoisotopic (exact) mass is 1030 g/mol. The predicted molar refractivity (Wildman–Crippen MR) is 296 cm³/mol. The van der Waals surface area contributed by atoms with Gasteiger partial charge in [0.15, 0.2) is 0 Å². The van der Waals surface area contributed by atoms with Crippen LogP contribution in [0.5, 0.6) is 0 Å². The molecule has 11 nitrogen and oxygen atoms in total. The van der Waals surface area contributed by atoms with E-state index in [1.807, 2.05) is 0 Å². The van der Waals surface area contributed by atoms with Gasteiger partial charge in [-0.15, -0.1) is 0 Å². The van der Waals surface area contributed by atoms with Crippen LogP contribution in [0, 0.1) is 0 Å². The molecule has 1 saturated heterocycles. The molecule has 0 bridgehead atoms. The van der Waals surface area contributed by atoms with E-state index in [4.69, 9.17) is 18.9 Å². The van der Waals surface area contributed by atoms with Gasteiger partial charge in [-0.1, -0.05) is 162 Å². The van der Waals surface area contributed by atoms with Crippen molar-refractivity contribution in [2.75, 3.05) is 77.3 Å². The van der Waals surface area contributed by atoms with Gasteiger partial charge in [-0.05, 0) is 116 Å². The zero-order chi connectivity index (χ0) is 50.6. The van der Waals surface area contributed by atoms with Gasteiger partial charge in [0.05, 0.1) is 38.6 Å². The van der Waals surface area contributed by atoms with Crippen LogP contribution in [0.1, 0.15) is 232 Å². The lowest BCUT2D eigenvalue weighted by atomic mass is 10.1. The molecular weight excluding hydrogens is 921 g/mol. The molecule has 13 heteroatoms. The van der Waals surface area contributed by atoms with Gasteiger partial charge in [0, 0.05) is 44.0 Å². The standard InChI is InChI=1S/C57H106N2O9S2/c1-3-5-7-23-35-53(60)37-25-17-13-9-11-15-19-27-39-55(62)66-46-33-31-43-59(57(64)68-50-52-70-69-51-49-65-48-45-58-41-29-21-22-30-42-58)44-32-34-47-67-56(63)40-28-20-16-12-10-14-18-26-38-54(61)36-24-8-6-4-2/h17-18,25-26,53-54,60-61H,3-16,19-24,27-52H2,1-2H3/b25-17-,26-18-/t53-,54-/m0/s1. The summed E-state index contributed by atoms with van der Waals surface area (Å²) in [6, 6.07) is 0. The molecule has 0 radical (unpaired) electrons. The van der Waals surface area contributed by atoms with E-state index < -0.39 is 0 Å². The molecule has 70 heavy (non-hydrogen) atoms. The van der Waals surface area contributed by atoms with Crippen molar-refractivity contribution in [3.05, 3.63) is 24.3 Å². The number of ether oxygens (including phenoxy) is 4. The Morgan fingerprint density at radius 2 is 0.986 bits per heavy atom. The van der Waals surface area contributed by atoms with Crippen molar-refractivity contribution in [3.8, 4) is 0 Å². The van der Waals surface area contributed by atoms with Crippen LogP contribution in [0.4, 0.5) is 4.79 Å². The smallest absolute Gasteiger partial charge is 0.409 e. The van der Waals surface area contributed by atoms with Crippen LogP contribution >= 0.6 is 21.6 Å². The van der Waals surface area contributed by atoms with Crippen LogP contribution in [0.15, 0.2) is 24.3 Å². The number of unbranched alkanes of at least 4 members (excludes halogenated alkanes) is 18. The first-order valence-corrected chi connectivity index (χ1v) is 31.3. The molecule has 0 aliphatic carbocycles. The Balaban J connectivity index is 2.26. The molecule has 0 unspecified atom stereocenters. The summed E-state index contributed by atoms with van der Waals surface area (Å²) in [4.78, 5) is 42.2. The molecule has 1 aliphatic rings. The van der Waals surface area contributed by atoms with E-state index in [0.717, 1.165) is 141 Å². The van der Waals surface area contributed by atoms with Gasteiger partial charge < -0.3 is 39.0 Å². The summed E-state index contributed by atoms with van der Waals surface area (Å²) >= 11 is 0. The van der Waals surface area contributed by atoms with Crippen molar-refractivity contribution in [1.29, 1.82) is 0 Å². The van der Waals surface area contributed by atoms with Gasteiger partial charge >= 0.3 is 18.0 Å². The highest BCUT2D eigenvalue weighted by Gasteiger charge is 2.16. The van der Waals surface area contributed by atoms with Crippen LogP contribution in [0.2, 0.25) is 0 Å². The molecule has 0 spiro atoms. The van der Waals surface area contributed by atoms with Crippen molar-refractivity contribution in [2.24, 2.45) is 0 Å². The Labute approximate surface area is 436 Å². The second kappa shape index (κ2) is 52.1. The minimum Gasteiger partial charge on any atom is -0.466 e. The topological polar surface area (TPSA) is 135 Å². The van der Waals surface area contributed by atoms with Crippen LogP contribution in [-0.2, 0) is 28.5 Å². The first kappa shape index (κ1) is 66.2. The lowest BCUT2D eigenvalue weighted by molar-refractivity contribution is -0.144. The number of hydrogen-bond acceptors (Lipinski definition) is 12. The van der Waals surface area contributed by atoms with E-state index >= 15 is 0 Å². The number of esters is 2. The van der Waals surface area contributed by atoms with Crippen LogP contribution in [0.25, 0.3) is 0 Å². The second-order valence-electron chi connectivity index (χ2n) is 19.5. The fraction of sp³-hybridized carbons (Fsp3) is 0.877. The zero-order valence-corrected chi connectivity index (χ0v) is 46.6. The van der Waals surface area contributed by atoms with E-state index in [-0.39, 0.29) is 30.2 Å². The number of likely N-dealkylation sites (tertiary alicyclic amines) is 1. The third-order valence-corrected chi connectivity index (χ3v) is 15.2. The van der Waals surface area contributed by atoms with Gasteiger partial charge in [0.2, 0.25) is 0 Å². The van der Waals surface area contributed by atoms with Gasteiger partial charge in [-0.25, -0.2) is 4.79 Å². The minimum absolute atomic E-state index is 0.156. The summed E-state index contributed by atoms with van der Waals surface area (Å²) in [6.45, 7) is 11.4. The number of carbonyl (C=O) groups is 3. The number of nitrogens with zero attached hydrogens (tertiary/aromatic N) is 2. The molecule has 0 aromatic carbocycles. The molecule has 1 amide bonds. The maximum absolute atomic E-state index is 13.2. The molecule has 2 atom stereocenters. The zero-order valence-electron chi connectivity index (χ0n) is 45.0. The highest BCUT2D eigenvalue weighted by molar-refractivity contribution is 8.76. The number of carbonyl (C=O) groups excluding carboxylic acids is 3. The maximum Gasteiger partial charge on any atom is 0.409 e. The molecular formula is C57H106N2O9S2.